The number of hydrogen-bond donors (Lipinski definition) is 0. The lowest BCUT2D eigenvalue weighted by Crippen LogP contribution is -2.25. The summed E-state index contributed by atoms with van der Waals surface area (Å²) in [5, 5.41) is 3.85. The van der Waals surface area contributed by atoms with Crippen molar-refractivity contribution in [3.63, 3.8) is 0 Å². The normalized spacial score (nSPS) is 14.7. The Labute approximate surface area is 107 Å². The van der Waals surface area contributed by atoms with Crippen molar-refractivity contribution in [2.24, 2.45) is 5.92 Å². The zero-order chi connectivity index (χ0) is 12.4. The number of nitrogens with zero attached hydrogens (tertiary/aromatic N) is 3. The molecule has 3 rings (SSSR count). The molecule has 1 aromatic carbocycles. The fraction of sp³-hybridized carbons (Fsp3) is 0.429. The molecule has 1 fully saturated rings. The van der Waals surface area contributed by atoms with Crippen LogP contribution >= 0.6 is 0 Å². The lowest BCUT2D eigenvalue weighted by atomic mass is 10.2. The third-order valence-corrected chi connectivity index (χ3v) is 3.19. The van der Waals surface area contributed by atoms with Crippen molar-refractivity contribution in [1.29, 1.82) is 0 Å². The first-order chi connectivity index (χ1) is 8.81. The van der Waals surface area contributed by atoms with E-state index in [4.69, 9.17) is 4.52 Å². The molecule has 0 radical (unpaired) electrons. The molecule has 0 saturated heterocycles. The van der Waals surface area contributed by atoms with Crippen molar-refractivity contribution in [2.75, 3.05) is 11.4 Å². The summed E-state index contributed by atoms with van der Waals surface area (Å²) in [5.41, 5.74) is 1.22. The number of rotatable bonds is 5. The number of para-hydroxylation sites is 1. The second-order valence-electron chi connectivity index (χ2n) is 4.89. The van der Waals surface area contributed by atoms with Gasteiger partial charge in [0.15, 0.2) is 5.82 Å². The highest BCUT2D eigenvalue weighted by Gasteiger charge is 2.25. The van der Waals surface area contributed by atoms with Gasteiger partial charge in [0.25, 0.3) is 0 Å². The van der Waals surface area contributed by atoms with Crippen molar-refractivity contribution in [1.82, 2.24) is 10.1 Å². The third-order valence-electron chi connectivity index (χ3n) is 3.19. The van der Waals surface area contributed by atoms with Gasteiger partial charge in [-0.05, 0) is 37.8 Å². The molecule has 4 nitrogen and oxygen atoms in total. The van der Waals surface area contributed by atoms with E-state index in [-0.39, 0.29) is 0 Å². The predicted octanol–water partition coefficient (Wildman–Crippen LogP) is 2.79. The van der Waals surface area contributed by atoms with Crippen LogP contribution in [0.5, 0.6) is 0 Å². The second kappa shape index (κ2) is 4.80. The van der Waals surface area contributed by atoms with Crippen LogP contribution in [0.1, 0.15) is 24.6 Å². The van der Waals surface area contributed by atoms with Gasteiger partial charge in [-0.3, -0.25) is 0 Å². The Kier molecular flexibility index (Phi) is 3.00. The van der Waals surface area contributed by atoms with Gasteiger partial charge in [0.05, 0.1) is 6.54 Å². The van der Waals surface area contributed by atoms with Gasteiger partial charge >= 0.3 is 0 Å². The molecule has 1 aliphatic carbocycles. The Bertz CT molecular complexity index is 505. The maximum Gasteiger partial charge on any atom is 0.246 e. The van der Waals surface area contributed by atoms with Gasteiger partial charge in [0.1, 0.15) is 0 Å². The Morgan fingerprint density at radius 2 is 2.06 bits per heavy atom. The summed E-state index contributed by atoms with van der Waals surface area (Å²) in [6, 6.07) is 10.4. The highest BCUT2D eigenvalue weighted by molar-refractivity contribution is 5.46. The van der Waals surface area contributed by atoms with Crippen LogP contribution in [0.3, 0.4) is 0 Å². The molecule has 0 N–H and O–H groups in total. The molecule has 0 aliphatic heterocycles. The smallest absolute Gasteiger partial charge is 0.246 e. The van der Waals surface area contributed by atoms with Gasteiger partial charge < -0.3 is 9.42 Å². The summed E-state index contributed by atoms with van der Waals surface area (Å²) in [5.74, 6) is 2.22. The Balaban J connectivity index is 1.76. The van der Waals surface area contributed by atoms with Crippen LogP contribution in [0.4, 0.5) is 5.69 Å². The Morgan fingerprint density at radius 3 is 2.67 bits per heavy atom. The van der Waals surface area contributed by atoms with E-state index in [0.717, 1.165) is 12.5 Å². The van der Waals surface area contributed by atoms with E-state index in [1.54, 1.807) is 0 Å². The maximum atomic E-state index is 5.22. The molecule has 1 heterocycles. The van der Waals surface area contributed by atoms with E-state index in [0.29, 0.717) is 18.3 Å². The minimum Gasteiger partial charge on any atom is -0.362 e. The highest BCUT2D eigenvalue weighted by atomic mass is 16.5. The molecule has 0 bridgehead atoms. The monoisotopic (exact) mass is 243 g/mol. The number of anilines is 1. The fourth-order valence-electron chi connectivity index (χ4n) is 2.08. The summed E-state index contributed by atoms with van der Waals surface area (Å²) in [6.07, 6.45) is 2.68. The molecule has 18 heavy (non-hydrogen) atoms. The van der Waals surface area contributed by atoms with E-state index in [1.165, 1.54) is 18.5 Å². The Hall–Kier alpha value is -1.84. The molecule has 2 aromatic rings. The standard InChI is InChI=1S/C14H17N3O/c1-11-15-14(18-16-11)10-17(9-12-7-8-12)13-5-3-2-4-6-13/h2-6,12H,7-10H2,1H3. The minimum absolute atomic E-state index is 0.692. The molecule has 0 spiro atoms. The molecule has 1 aliphatic rings. The van der Waals surface area contributed by atoms with Gasteiger partial charge in [-0.2, -0.15) is 4.98 Å². The molecular formula is C14H17N3O. The number of hydrogen-bond acceptors (Lipinski definition) is 4. The van der Waals surface area contributed by atoms with Crippen LogP contribution in [0.2, 0.25) is 0 Å². The van der Waals surface area contributed by atoms with Crippen molar-refractivity contribution >= 4 is 5.69 Å². The lowest BCUT2D eigenvalue weighted by Gasteiger charge is -2.22. The van der Waals surface area contributed by atoms with Gasteiger partial charge in [-0.25, -0.2) is 0 Å². The fourth-order valence-corrected chi connectivity index (χ4v) is 2.08. The average Bonchev–Trinajstić information content (AvgIpc) is 3.12. The maximum absolute atomic E-state index is 5.22. The van der Waals surface area contributed by atoms with Crippen LogP contribution in [-0.2, 0) is 6.54 Å². The van der Waals surface area contributed by atoms with Gasteiger partial charge in [0.2, 0.25) is 5.89 Å². The van der Waals surface area contributed by atoms with Gasteiger partial charge in [-0.1, -0.05) is 23.4 Å². The first kappa shape index (κ1) is 11.3. The highest BCUT2D eigenvalue weighted by Crippen LogP contribution is 2.31. The van der Waals surface area contributed by atoms with Crippen LogP contribution < -0.4 is 4.90 Å². The van der Waals surface area contributed by atoms with E-state index in [9.17, 15) is 0 Å². The largest absolute Gasteiger partial charge is 0.362 e. The molecule has 1 saturated carbocycles. The van der Waals surface area contributed by atoms with E-state index in [2.05, 4.69) is 39.3 Å². The van der Waals surface area contributed by atoms with Crippen LogP contribution in [0.25, 0.3) is 0 Å². The van der Waals surface area contributed by atoms with E-state index in [1.807, 2.05) is 13.0 Å². The van der Waals surface area contributed by atoms with Crippen LogP contribution in [0.15, 0.2) is 34.9 Å². The summed E-state index contributed by atoms with van der Waals surface area (Å²) < 4.78 is 5.22. The Morgan fingerprint density at radius 1 is 1.28 bits per heavy atom. The number of aromatic nitrogens is 2. The van der Waals surface area contributed by atoms with Crippen molar-refractivity contribution in [2.45, 2.75) is 26.3 Å². The summed E-state index contributed by atoms with van der Waals surface area (Å²) >= 11 is 0. The summed E-state index contributed by atoms with van der Waals surface area (Å²) in [4.78, 5) is 6.61. The molecule has 94 valence electrons. The average molecular weight is 243 g/mol. The van der Waals surface area contributed by atoms with E-state index < -0.39 is 0 Å². The SMILES string of the molecule is Cc1noc(CN(CC2CC2)c2ccccc2)n1. The topological polar surface area (TPSA) is 42.2 Å². The van der Waals surface area contributed by atoms with Crippen molar-refractivity contribution < 1.29 is 4.52 Å². The van der Waals surface area contributed by atoms with Crippen molar-refractivity contribution in [3.8, 4) is 0 Å². The second-order valence-corrected chi connectivity index (χ2v) is 4.89. The molecular weight excluding hydrogens is 226 g/mol. The van der Waals surface area contributed by atoms with Gasteiger partial charge in [-0.15, -0.1) is 0 Å². The quantitative estimate of drug-likeness (QED) is 0.809. The molecule has 4 heteroatoms. The molecule has 1 aromatic heterocycles. The first-order valence-electron chi connectivity index (χ1n) is 6.40. The van der Waals surface area contributed by atoms with Crippen LogP contribution in [-0.4, -0.2) is 16.7 Å². The lowest BCUT2D eigenvalue weighted by molar-refractivity contribution is 0.372. The number of aryl methyl sites for hydroxylation is 1. The van der Waals surface area contributed by atoms with Crippen LogP contribution in [0, 0.1) is 12.8 Å². The van der Waals surface area contributed by atoms with Crippen molar-refractivity contribution in [3.05, 3.63) is 42.0 Å². The minimum atomic E-state index is 0.692. The summed E-state index contributed by atoms with van der Waals surface area (Å²) in [7, 11) is 0. The van der Waals surface area contributed by atoms with E-state index >= 15 is 0 Å². The van der Waals surface area contributed by atoms with Gasteiger partial charge in [0, 0.05) is 12.2 Å². The summed E-state index contributed by atoms with van der Waals surface area (Å²) in [6.45, 7) is 3.62. The molecule has 0 atom stereocenters. The first-order valence-corrected chi connectivity index (χ1v) is 6.40. The zero-order valence-corrected chi connectivity index (χ0v) is 10.5. The zero-order valence-electron chi connectivity index (χ0n) is 10.5. The third kappa shape index (κ3) is 2.70. The number of benzene rings is 1. The predicted molar refractivity (Wildman–Crippen MR) is 69.3 cm³/mol. The molecule has 0 unspecified atom stereocenters. The molecule has 0 amide bonds.